The lowest BCUT2D eigenvalue weighted by Crippen LogP contribution is -2.49. The van der Waals surface area contributed by atoms with Crippen LogP contribution in [-0.2, 0) is 0 Å². The quantitative estimate of drug-likeness (QED) is 0.758. The minimum absolute atomic E-state index is 0.0847. The highest BCUT2D eigenvalue weighted by Gasteiger charge is 2.37. The number of fused-ring (bicyclic) bond motifs is 2. The van der Waals surface area contributed by atoms with Crippen LogP contribution in [0.25, 0.3) is 10.9 Å². The van der Waals surface area contributed by atoms with Crippen LogP contribution in [0.4, 0.5) is 4.39 Å². The number of rotatable bonds is 2. The summed E-state index contributed by atoms with van der Waals surface area (Å²) < 4.78 is 13.9. The zero-order valence-corrected chi connectivity index (χ0v) is 15.1. The topological polar surface area (TPSA) is 33.2 Å². The highest BCUT2D eigenvalue weighted by molar-refractivity contribution is 6.06. The van der Waals surface area contributed by atoms with Gasteiger partial charge in [-0.05, 0) is 68.7 Å². The molecular formula is C22H25FN2O. The third kappa shape index (κ3) is 2.80. The van der Waals surface area contributed by atoms with E-state index in [1.165, 1.54) is 37.8 Å². The summed E-state index contributed by atoms with van der Waals surface area (Å²) in [4.78, 5) is 20.4. The van der Waals surface area contributed by atoms with E-state index in [2.05, 4.69) is 4.90 Å². The molecule has 2 atom stereocenters. The Balaban J connectivity index is 1.58. The van der Waals surface area contributed by atoms with Crippen molar-refractivity contribution in [3.05, 3.63) is 41.3 Å². The van der Waals surface area contributed by atoms with Crippen molar-refractivity contribution in [2.45, 2.75) is 63.3 Å². The predicted octanol–water partition coefficient (Wildman–Crippen LogP) is 5.05. The van der Waals surface area contributed by atoms with Crippen LogP contribution >= 0.6 is 0 Å². The van der Waals surface area contributed by atoms with E-state index in [1.807, 2.05) is 6.07 Å². The second-order valence-corrected chi connectivity index (χ2v) is 8.28. The molecule has 2 unspecified atom stereocenters. The average Bonchev–Trinajstić information content (AvgIpc) is 3.51. The van der Waals surface area contributed by atoms with Gasteiger partial charge in [-0.1, -0.05) is 12.8 Å². The number of pyridine rings is 1. The molecule has 26 heavy (non-hydrogen) atoms. The van der Waals surface area contributed by atoms with Crippen molar-refractivity contribution in [2.75, 3.05) is 6.54 Å². The van der Waals surface area contributed by atoms with Crippen LogP contribution < -0.4 is 0 Å². The van der Waals surface area contributed by atoms with Crippen LogP contribution in [0.3, 0.4) is 0 Å². The number of aromatic nitrogens is 1. The smallest absolute Gasteiger partial charge is 0.254 e. The Bertz CT molecular complexity index is 859. The lowest BCUT2D eigenvalue weighted by Gasteiger charge is -2.44. The van der Waals surface area contributed by atoms with Crippen molar-refractivity contribution in [1.29, 1.82) is 0 Å². The summed E-state index contributed by atoms with van der Waals surface area (Å²) in [6.07, 6.45) is 9.47. The molecular weight excluding hydrogens is 327 g/mol. The van der Waals surface area contributed by atoms with E-state index in [9.17, 15) is 9.18 Å². The summed E-state index contributed by atoms with van der Waals surface area (Å²) in [7, 11) is 0. The number of likely N-dealkylation sites (tertiary alicyclic amines) is 1. The molecule has 1 aliphatic heterocycles. The van der Waals surface area contributed by atoms with Crippen molar-refractivity contribution in [3.8, 4) is 0 Å². The Morgan fingerprint density at radius 1 is 1.04 bits per heavy atom. The van der Waals surface area contributed by atoms with Gasteiger partial charge >= 0.3 is 0 Å². The SMILES string of the molecule is O=C(c1cc(C2CC2)nc2ccc(F)cc12)N1CCCC2CCCCC21. The lowest BCUT2D eigenvalue weighted by atomic mass is 9.78. The predicted molar refractivity (Wildman–Crippen MR) is 99.7 cm³/mol. The largest absolute Gasteiger partial charge is 0.335 e. The molecule has 1 aromatic carbocycles. The molecule has 5 rings (SSSR count). The summed E-state index contributed by atoms with van der Waals surface area (Å²) in [5.74, 6) is 0.900. The van der Waals surface area contributed by atoms with Gasteiger partial charge in [-0.15, -0.1) is 0 Å². The van der Waals surface area contributed by atoms with Gasteiger partial charge in [-0.2, -0.15) is 0 Å². The highest BCUT2D eigenvalue weighted by Crippen LogP contribution is 2.41. The fourth-order valence-corrected chi connectivity index (χ4v) is 5.02. The first kappa shape index (κ1) is 16.2. The molecule has 1 aromatic heterocycles. The third-order valence-electron chi connectivity index (χ3n) is 6.52. The molecule has 136 valence electrons. The Morgan fingerprint density at radius 3 is 2.69 bits per heavy atom. The van der Waals surface area contributed by atoms with Gasteiger partial charge in [0.1, 0.15) is 5.82 Å². The number of nitrogens with zero attached hydrogens (tertiary/aromatic N) is 2. The van der Waals surface area contributed by atoms with Gasteiger partial charge in [0.2, 0.25) is 0 Å². The number of benzene rings is 1. The van der Waals surface area contributed by atoms with Crippen LogP contribution in [0.2, 0.25) is 0 Å². The maximum atomic E-state index is 13.9. The molecule has 3 aliphatic rings. The molecule has 1 saturated heterocycles. The van der Waals surface area contributed by atoms with Crippen LogP contribution in [-0.4, -0.2) is 28.4 Å². The van der Waals surface area contributed by atoms with Gasteiger partial charge in [0, 0.05) is 29.6 Å². The molecule has 2 aromatic rings. The molecule has 0 radical (unpaired) electrons. The van der Waals surface area contributed by atoms with E-state index in [1.54, 1.807) is 6.07 Å². The number of hydrogen-bond acceptors (Lipinski definition) is 2. The summed E-state index contributed by atoms with van der Waals surface area (Å²) in [5.41, 5.74) is 2.41. The first-order valence-electron chi connectivity index (χ1n) is 10.1. The van der Waals surface area contributed by atoms with E-state index in [-0.39, 0.29) is 11.7 Å². The van der Waals surface area contributed by atoms with Crippen molar-refractivity contribution in [2.24, 2.45) is 5.92 Å². The van der Waals surface area contributed by atoms with Gasteiger partial charge in [-0.25, -0.2) is 4.39 Å². The fraction of sp³-hybridized carbons (Fsp3) is 0.545. The number of carbonyl (C=O) groups is 1. The molecule has 2 heterocycles. The van der Waals surface area contributed by atoms with Gasteiger partial charge in [0.05, 0.1) is 11.1 Å². The van der Waals surface area contributed by atoms with Gasteiger partial charge < -0.3 is 4.90 Å². The highest BCUT2D eigenvalue weighted by atomic mass is 19.1. The summed E-state index contributed by atoms with van der Waals surface area (Å²) in [5, 5.41) is 0.664. The standard InChI is InChI=1S/C22H25FN2O/c23-16-9-10-19-17(12-16)18(13-20(24-19)14-7-8-14)22(26)25-11-3-5-15-4-1-2-6-21(15)25/h9-10,12-15,21H,1-8,11H2. The van der Waals surface area contributed by atoms with Crippen molar-refractivity contribution in [3.63, 3.8) is 0 Å². The number of piperidine rings is 1. The minimum atomic E-state index is -0.304. The lowest BCUT2D eigenvalue weighted by molar-refractivity contribution is 0.0392. The first-order chi connectivity index (χ1) is 12.7. The van der Waals surface area contributed by atoms with E-state index < -0.39 is 0 Å². The molecule has 0 bridgehead atoms. The Labute approximate surface area is 153 Å². The normalized spacial score (nSPS) is 26.0. The van der Waals surface area contributed by atoms with Crippen LogP contribution in [0.1, 0.15) is 73.3 Å². The number of amides is 1. The second kappa shape index (κ2) is 6.33. The minimum Gasteiger partial charge on any atom is -0.335 e. The molecule has 0 N–H and O–H groups in total. The molecule has 4 heteroatoms. The van der Waals surface area contributed by atoms with Gasteiger partial charge in [-0.3, -0.25) is 9.78 Å². The monoisotopic (exact) mass is 352 g/mol. The van der Waals surface area contributed by atoms with Gasteiger partial charge in [0.15, 0.2) is 0 Å². The maximum Gasteiger partial charge on any atom is 0.254 e. The van der Waals surface area contributed by atoms with E-state index >= 15 is 0 Å². The van der Waals surface area contributed by atoms with Crippen LogP contribution in [0.5, 0.6) is 0 Å². The third-order valence-corrected chi connectivity index (χ3v) is 6.52. The molecule has 0 spiro atoms. The van der Waals surface area contributed by atoms with Gasteiger partial charge in [0.25, 0.3) is 5.91 Å². The van der Waals surface area contributed by atoms with E-state index in [0.717, 1.165) is 43.4 Å². The molecule has 1 amide bonds. The summed E-state index contributed by atoms with van der Waals surface area (Å²) >= 11 is 0. The molecule has 3 fully saturated rings. The zero-order valence-electron chi connectivity index (χ0n) is 15.1. The molecule has 2 aliphatic carbocycles. The Kier molecular flexibility index (Phi) is 3.95. The number of halogens is 1. The fourth-order valence-electron chi connectivity index (χ4n) is 5.02. The number of hydrogen-bond donors (Lipinski definition) is 0. The zero-order chi connectivity index (χ0) is 17.7. The average molecular weight is 352 g/mol. The Hall–Kier alpha value is -1.97. The van der Waals surface area contributed by atoms with Crippen molar-refractivity contribution >= 4 is 16.8 Å². The number of carbonyl (C=O) groups excluding carboxylic acids is 1. The molecule has 2 saturated carbocycles. The van der Waals surface area contributed by atoms with E-state index in [4.69, 9.17) is 4.98 Å². The van der Waals surface area contributed by atoms with Crippen molar-refractivity contribution < 1.29 is 9.18 Å². The summed E-state index contributed by atoms with van der Waals surface area (Å²) in [6.45, 7) is 0.831. The summed E-state index contributed by atoms with van der Waals surface area (Å²) in [6, 6.07) is 6.96. The second-order valence-electron chi connectivity index (χ2n) is 8.28. The van der Waals surface area contributed by atoms with Crippen molar-refractivity contribution in [1.82, 2.24) is 9.88 Å². The van der Waals surface area contributed by atoms with E-state index in [0.29, 0.717) is 28.8 Å². The first-order valence-corrected chi connectivity index (χ1v) is 10.1. The maximum absolute atomic E-state index is 13.9. The Morgan fingerprint density at radius 2 is 1.85 bits per heavy atom. The molecule has 3 nitrogen and oxygen atoms in total. The van der Waals surface area contributed by atoms with Crippen LogP contribution in [0.15, 0.2) is 24.3 Å². The van der Waals surface area contributed by atoms with Crippen LogP contribution in [0, 0.1) is 11.7 Å².